The molecule has 0 aliphatic heterocycles. The molecule has 0 heterocycles. The van der Waals surface area contributed by atoms with E-state index in [1.54, 1.807) is 0 Å². The van der Waals surface area contributed by atoms with E-state index in [9.17, 15) is 4.79 Å². The second-order valence-corrected chi connectivity index (χ2v) is 5.06. The number of anilines is 1. The summed E-state index contributed by atoms with van der Waals surface area (Å²) < 4.78 is 0. The fourth-order valence-corrected chi connectivity index (χ4v) is 1.85. The molecule has 3 nitrogen and oxygen atoms in total. The normalized spacial score (nSPS) is 10.1. The van der Waals surface area contributed by atoms with E-state index in [2.05, 4.69) is 10.6 Å². The molecule has 0 aliphatic carbocycles. The van der Waals surface area contributed by atoms with Crippen LogP contribution in [-0.4, -0.2) is 12.5 Å². The van der Waals surface area contributed by atoms with Gasteiger partial charge in [0.2, 0.25) is 5.91 Å². The first-order valence-electron chi connectivity index (χ1n) is 6.45. The summed E-state index contributed by atoms with van der Waals surface area (Å²) in [4.78, 5) is 11.7. The first-order valence-corrected chi connectivity index (χ1v) is 6.83. The molecule has 4 heteroatoms. The van der Waals surface area contributed by atoms with Gasteiger partial charge in [0.25, 0.3) is 0 Å². The molecule has 2 aromatic carbocycles. The Hall–Kier alpha value is -2.00. The quantitative estimate of drug-likeness (QED) is 0.885. The average Bonchev–Trinajstić information content (AvgIpc) is 2.46. The van der Waals surface area contributed by atoms with Crippen LogP contribution in [-0.2, 0) is 11.3 Å². The number of benzene rings is 2. The van der Waals surface area contributed by atoms with Gasteiger partial charge in [0.15, 0.2) is 0 Å². The molecule has 2 rings (SSSR count). The van der Waals surface area contributed by atoms with Crippen molar-refractivity contribution >= 4 is 23.2 Å². The van der Waals surface area contributed by atoms with E-state index in [1.807, 2.05) is 55.5 Å². The van der Waals surface area contributed by atoms with E-state index in [1.165, 1.54) is 5.56 Å². The second-order valence-electron chi connectivity index (χ2n) is 4.62. The standard InChI is InChI=1S/C16H17ClN2O/c1-12-2-8-15(9-3-12)18-11-16(20)19-10-13-4-6-14(17)7-5-13/h2-9,18H,10-11H2,1H3,(H,19,20). The monoisotopic (exact) mass is 288 g/mol. The van der Waals surface area contributed by atoms with Crippen molar-refractivity contribution in [1.82, 2.24) is 5.32 Å². The van der Waals surface area contributed by atoms with E-state index in [0.717, 1.165) is 11.3 Å². The lowest BCUT2D eigenvalue weighted by Crippen LogP contribution is -2.29. The number of carbonyl (C=O) groups excluding carboxylic acids is 1. The van der Waals surface area contributed by atoms with Crippen LogP contribution in [0.25, 0.3) is 0 Å². The zero-order chi connectivity index (χ0) is 14.4. The van der Waals surface area contributed by atoms with Crippen LogP contribution < -0.4 is 10.6 Å². The predicted octanol–water partition coefficient (Wildman–Crippen LogP) is 3.38. The van der Waals surface area contributed by atoms with Crippen LogP contribution in [0.5, 0.6) is 0 Å². The number of rotatable bonds is 5. The number of amides is 1. The zero-order valence-electron chi connectivity index (χ0n) is 11.3. The lowest BCUT2D eigenvalue weighted by molar-refractivity contribution is -0.119. The minimum absolute atomic E-state index is 0.0412. The van der Waals surface area contributed by atoms with Crippen LogP contribution in [0, 0.1) is 6.92 Å². The molecule has 1 amide bonds. The van der Waals surface area contributed by atoms with Crippen molar-refractivity contribution < 1.29 is 4.79 Å². The first kappa shape index (κ1) is 14.4. The van der Waals surface area contributed by atoms with Crippen molar-refractivity contribution in [1.29, 1.82) is 0 Å². The highest BCUT2D eigenvalue weighted by atomic mass is 35.5. The third kappa shape index (κ3) is 4.59. The molecule has 0 unspecified atom stereocenters. The molecule has 0 bridgehead atoms. The van der Waals surface area contributed by atoms with Crippen LogP contribution >= 0.6 is 11.6 Å². The van der Waals surface area contributed by atoms with E-state index >= 15 is 0 Å². The minimum atomic E-state index is -0.0412. The van der Waals surface area contributed by atoms with Gasteiger partial charge in [-0.25, -0.2) is 0 Å². The molecule has 2 aromatic rings. The highest BCUT2D eigenvalue weighted by molar-refractivity contribution is 6.30. The highest BCUT2D eigenvalue weighted by Crippen LogP contribution is 2.09. The Morgan fingerprint density at radius 1 is 1.05 bits per heavy atom. The van der Waals surface area contributed by atoms with Gasteiger partial charge in [-0.1, -0.05) is 41.4 Å². The first-order chi connectivity index (χ1) is 9.63. The van der Waals surface area contributed by atoms with Crippen LogP contribution in [0.1, 0.15) is 11.1 Å². The summed E-state index contributed by atoms with van der Waals surface area (Å²) in [6, 6.07) is 15.4. The molecule has 0 radical (unpaired) electrons. The Bertz CT molecular complexity index is 513. The van der Waals surface area contributed by atoms with Gasteiger partial charge in [0.05, 0.1) is 6.54 Å². The Kier molecular flexibility index (Phi) is 5.02. The molecule has 0 spiro atoms. The van der Waals surface area contributed by atoms with E-state index in [-0.39, 0.29) is 12.5 Å². The topological polar surface area (TPSA) is 41.1 Å². The van der Waals surface area contributed by atoms with Crippen molar-refractivity contribution in [3.63, 3.8) is 0 Å². The van der Waals surface area contributed by atoms with E-state index < -0.39 is 0 Å². The predicted molar refractivity (Wildman–Crippen MR) is 83.0 cm³/mol. The Morgan fingerprint density at radius 3 is 2.35 bits per heavy atom. The van der Waals surface area contributed by atoms with Gasteiger partial charge in [0, 0.05) is 17.3 Å². The summed E-state index contributed by atoms with van der Waals surface area (Å²) >= 11 is 5.81. The van der Waals surface area contributed by atoms with Crippen LogP contribution in [0.2, 0.25) is 5.02 Å². The van der Waals surface area contributed by atoms with E-state index in [0.29, 0.717) is 11.6 Å². The Balaban J connectivity index is 1.75. The maximum Gasteiger partial charge on any atom is 0.239 e. The Morgan fingerprint density at radius 2 is 1.70 bits per heavy atom. The van der Waals surface area contributed by atoms with Gasteiger partial charge in [-0.15, -0.1) is 0 Å². The van der Waals surface area contributed by atoms with Crippen molar-refractivity contribution in [2.75, 3.05) is 11.9 Å². The fourth-order valence-electron chi connectivity index (χ4n) is 1.72. The van der Waals surface area contributed by atoms with Gasteiger partial charge in [-0.2, -0.15) is 0 Å². The van der Waals surface area contributed by atoms with Gasteiger partial charge < -0.3 is 10.6 Å². The molecule has 0 saturated heterocycles. The summed E-state index contributed by atoms with van der Waals surface area (Å²) in [5, 5.41) is 6.63. The molecule has 2 N–H and O–H groups in total. The molecule has 0 atom stereocenters. The molecule has 20 heavy (non-hydrogen) atoms. The third-order valence-corrected chi connectivity index (χ3v) is 3.16. The number of aryl methyl sites for hydroxylation is 1. The Labute approximate surface area is 124 Å². The maximum absolute atomic E-state index is 11.7. The summed E-state index contributed by atoms with van der Waals surface area (Å²) in [6.07, 6.45) is 0. The van der Waals surface area contributed by atoms with Crippen LogP contribution in [0.15, 0.2) is 48.5 Å². The van der Waals surface area contributed by atoms with Crippen LogP contribution in [0.4, 0.5) is 5.69 Å². The van der Waals surface area contributed by atoms with Gasteiger partial charge in [-0.05, 0) is 36.8 Å². The number of carbonyl (C=O) groups is 1. The number of hydrogen-bond acceptors (Lipinski definition) is 2. The molecule has 0 saturated carbocycles. The zero-order valence-corrected chi connectivity index (χ0v) is 12.1. The van der Waals surface area contributed by atoms with E-state index in [4.69, 9.17) is 11.6 Å². The molecule has 0 aliphatic rings. The SMILES string of the molecule is Cc1ccc(NCC(=O)NCc2ccc(Cl)cc2)cc1. The third-order valence-electron chi connectivity index (χ3n) is 2.91. The number of hydrogen-bond donors (Lipinski definition) is 2. The average molecular weight is 289 g/mol. The minimum Gasteiger partial charge on any atom is -0.376 e. The van der Waals surface area contributed by atoms with Crippen molar-refractivity contribution in [3.05, 3.63) is 64.7 Å². The van der Waals surface area contributed by atoms with Crippen molar-refractivity contribution in [3.8, 4) is 0 Å². The second kappa shape index (κ2) is 6.96. The van der Waals surface area contributed by atoms with Gasteiger partial charge >= 0.3 is 0 Å². The maximum atomic E-state index is 11.7. The lowest BCUT2D eigenvalue weighted by Gasteiger charge is -2.08. The number of halogens is 1. The fraction of sp³-hybridized carbons (Fsp3) is 0.188. The summed E-state index contributed by atoms with van der Waals surface area (Å²) in [6.45, 7) is 2.80. The summed E-state index contributed by atoms with van der Waals surface area (Å²) in [5.41, 5.74) is 3.16. The molecule has 0 aromatic heterocycles. The highest BCUT2D eigenvalue weighted by Gasteiger charge is 2.01. The molecule has 0 fully saturated rings. The van der Waals surface area contributed by atoms with Crippen molar-refractivity contribution in [2.24, 2.45) is 0 Å². The van der Waals surface area contributed by atoms with Crippen LogP contribution in [0.3, 0.4) is 0 Å². The number of nitrogens with one attached hydrogen (secondary N) is 2. The lowest BCUT2D eigenvalue weighted by atomic mass is 10.2. The molecule has 104 valence electrons. The van der Waals surface area contributed by atoms with Gasteiger partial charge in [-0.3, -0.25) is 4.79 Å². The van der Waals surface area contributed by atoms with Gasteiger partial charge in [0.1, 0.15) is 0 Å². The summed E-state index contributed by atoms with van der Waals surface area (Å²) in [5.74, 6) is -0.0412. The smallest absolute Gasteiger partial charge is 0.239 e. The van der Waals surface area contributed by atoms with Crippen molar-refractivity contribution in [2.45, 2.75) is 13.5 Å². The largest absolute Gasteiger partial charge is 0.376 e. The molecular formula is C16H17ClN2O. The molecular weight excluding hydrogens is 272 g/mol. The summed E-state index contributed by atoms with van der Waals surface area (Å²) in [7, 11) is 0.